The summed E-state index contributed by atoms with van der Waals surface area (Å²) in [6.07, 6.45) is 1.20. The number of urea groups is 1. The second-order valence-corrected chi connectivity index (χ2v) is 5.71. The van der Waals surface area contributed by atoms with Gasteiger partial charge in [-0.25, -0.2) is 4.79 Å². The predicted octanol–water partition coefficient (Wildman–Crippen LogP) is 2.60. The highest BCUT2D eigenvalue weighted by Gasteiger charge is 2.33. The number of nitrogens with zero attached hydrogens (tertiary/aromatic N) is 2. The van der Waals surface area contributed by atoms with Crippen LogP contribution in [0.5, 0.6) is 0 Å². The number of rotatable bonds is 3. The van der Waals surface area contributed by atoms with Crippen LogP contribution in [-0.2, 0) is 9.59 Å². The zero-order valence-corrected chi connectivity index (χ0v) is 13.9. The van der Waals surface area contributed by atoms with E-state index in [1.165, 1.54) is 37.4 Å². The number of imide groups is 2. The van der Waals surface area contributed by atoms with Gasteiger partial charge in [-0.1, -0.05) is 11.6 Å². The summed E-state index contributed by atoms with van der Waals surface area (Å²) in [7, 11) is 1.24. The maximum atomic E-state index is 12.0. The van der Waals surface area contributed by atoms with E-state index in [1.54, 1.807) is 6.07 Å². The van der Waals surface area contributed by atoms with Gasteiger partial charge in [-0.15, -0.1) is 0 Å². The van der Waals surface area contributed by atoms with Crippen LogP contribution in [0.1, 0.15) is 5.76 Å². The predicted molar refractivity (Wildman–Crippen MR) is 90.1 cm³/mol. The monoisotopic (exact) mass is 375 g/mol. The number of non-ortho nitro benzene ring substituents is 1. The molecule has 1 aliphatic rings. The number of nitro benzene ring substituents is 1. The molecule has 3 rings (SSSR count). The van der Waals surface area contributed by atoms with E-state index in [-0.39, 0.29) is 22.0 Å². The molecule has 4 amide bonds. The van der Waals surface area contributed by atoms with Crippen molar-refractivity contribution in [1.82, 2.24) is 10.2 Å². The molecule has 1 aromatic carbocycles. The molecule has 26 heavy (non-hydrogen) atoms. The molecular weight excluding hydrogens is 366 g/mol. The summed E-state index contributed by atoms with van der Waals surface area (Å²) in [5.74, 6) is -1.12. The molecule has 2 heterocycles. The van der Waals surface area contributed by atoms with Crippen LogP contribution >= 0.6 is 11.6 Å². The maximum absolute atomic E-state index is 12.0. The molecule has 1 N–H and O–H groups in total. The van der Waals surface area contributed by atoms with Crippen LogP contribution in [0.3, 0.4) is 0 Å². The fourth-order valence-electron chi connectivity index (χ4n) is 2.28. The van der Waals surface area contributed by atoms with Gasteiger partial charge in [0, 0.05) is 24.7 Å². The number of likely N-dealkylation sites (N-methyl/N-ethyl adjacent to an activating group) is 1. The van der Waals surface area contributed by atoms with Crippen LogP contribution in [0.2, 0.25) is 5.02 Å². The van der Waals surface area contributed by atoms with Gasteiger partial charge in [0.05, 0.1) is 9.95 Å². The number of nitrogens with one attached hydrogen (secondary N) is 1. The summed E-state index contributed by atoms with van der Waals surface area (Å²) >= 11 is 6.05. The molecule has 1 saturated heterocycles. The van der Waals surface area contributed by atoms with Crippen molar-refractivity contribution in [2.45, 2.75) is 0 Å². The lowest BCUT2D eigenvalue weighted by Crippen LogP contribution is -2.52. The fraction of sp³-hybridized carbons (Fsp3) is 0.0625. The molecule has 1 fully saturated rings. The zero-order valence-electron chi connectivity index (χ0n) is 13.2. The van der Waals surface area contributed by atoms with Crippen molar-refractivity contribution in [3.05, 3.63) is 56.8 Å². The minimum absolute atomic E-state index is 0.115. The number of hydrogen-bond donors (Lipinski definition) is 1. The van der Waals surface area contributed by atoms with Crippen molar-refractivity contribution in [1.29, 1.82) is 0 Å². The van der Waals surface area contributed by atoms with E-state index in [2.05, 4.69) is 0 Å². The van der Waals surface area contributed by atoms with Crippen LogP contribution in [0, 0.1) is 10.1 Å². The van der Waals surface area contributed by atoms with Gasteiger partial charge in [0.1, 0.15) is 17.1 Å². The SMILES string of the molecule is CN1C(=O)NC(=O)C(=Cc2ccc(-c3ccc([N+](=O)[O-])cc3Cl)o2)C1=O. The van der Waals surface area contributed by atoms with Gasteiger partial charge in [-0.05, 0) is 24.3 Å². The number of carbonyl (C=O) groups is 3. The van der Waals surface area contributed by atoms with Crippen LogP contribution in [0.4, 0.5) is 10.5 Å². The summed E-state index contributed by atoms with van der Waals surface area (Å²) in [6.45, 7) is 0. The molecule has 10 heteroatoms. The molecule has 0 unspecified atom stereocenters. The standard InChI is InChI=1S/C16H10ClN3O6/c1-19-15(22)11(14(21)18-16(19)23)7-9-3-5-13(26-9)10-4-2-8(20(24)25)6-12(10)17/h2-7H,1H3,(H,18,21,23). The third kappa shape index (κ3) is 3.07. The Labute approximate surface area is 151 Å². The van der Waals surface area contributed by atoms with E-state index in [0.29, 0.717) is 11.3 Å². The van der Waals surface area contributed by atoms with Gasteiger partial charge in [-0.3, -0.25) is 29.9 Å². The number of carbonyl (C=O) groups excluding carboxylic acids is 3. The molecule has 0 atom stereocenters. The topological polar surface area (TPSA) is 123 Å². The van der Waals surface area contributed by atoms with Gasteiger partial charge in [0.2, 0.25) is 0 Å². The Morgan fingerprint density at radius 1 is 1.23 bits per heavy atom. The first kappa shape index (κ1) is 17.4. The molecular formula is C16H10ClN3O6. The van der Waals surface area contributed by atoms with E-state index in [0.717, 1.165) is 4.90 Å². The Balaban J connectivity index is 1.93. The van der Waals surface area contributed by atoms with Crippen LogP contribution < -0.4 is 5.32 Å². The number of barbiturate groups is 1. The Morgan fingerprint density at radius 3 is 2.62 bits per heavy atom. The molecule has 0 saturated carbocycles. The summed E-state index contributed by atoms with van der Waals surface area (Å²) in [5, 5.41) is 12.9. The highest BCUT2D eigenvalue weighted by atomic mass is 35.5. The Hall–Kier alpha value is -3.46. The summed E-state index contributed by atoms with van der Waals surface area (Å²) in [6, 6.07) is 6.13. The van der Waals surface area contributed by atoms with E-state index in [1.807, 2.05) is 5.32 Å². The smallest absolute Gasteiger partial charge is 0.331 e. The first-order valence-electron chi connectivity index (χ1n) is 7.17. The fourth-order valence-corrected chi connectivity index (χ4v) is 2.55. The van der Waals surface area contributed by atoms with Gasteiger partial charge in [-0.2, -0.15) is 0 Å². The minimum atomic E-state index is -0.829. The molecule has 0 spiro atoms. The van der Waals surface area contributed by atoms with Crippen molar-refractivity contribution in [3.63, 3.8) is 0 Å². The normalized spacial score (nSPS) is 16.2. The highest BCUT2D eigenvalue weighted by Crippen LogP contribution is 2.32. The molecule has 0 bridgehead atoms. The van der Waals surface area contributed by atoms with E-state index < -0.39 is 22.8 Å². The Morgan fingerprint density at radius 2 is 1.96 bits per heavy atom. The summed E-state index contributed by atoms with van der Waals surface area (Å²) in [4.78, 5) is 46.2. The van der Waals surface area contributed by atoms with Crippen molar-refractivity contribution in [2.75, 3.05) is 7.05 Å². The Bertz CT molecular complexity index is 994. The van der Waals surface area contributed by atoms with Crippen molar-refractivity contribution < 1.29 is 23.7 Å². The third-order valence-corrected chi connectivity index (χ3v) is 3.96. The number of halogens is 1. The lowest BCUT2D eigenvalue weighted by molar-refractivity contribution is -0.384. The van der Waals surface area contributed by atoms with Crippen LogP contribution in [-0.4, -0.2) is 34.7 Å². The second kappa shape index (κ2) is 6.45. The number of amides is 4. The first-order valence-corrected chi connectivity index (χ1v) is 7.55. The lowest BCUT2D eigenvalue weighted by atomic mass is 10.1. The molecule has 132 valence electrons. The van der Waals surface area contributed by atoms with E-state index in [4.69, 9.17) is 16.0 Å². The molecule has 9 nitrogen and oxygen atoms in total. The number of hydrogen-bond acceptors (Lipinski definition) is 6. The first-order chi connectivity index (χ1) is 12.3. The van der Waals surface area contributed by atoms with Gasteiger partial charge in [0.25, 0.3) is 17.5 Å². The average Bonchev–Trinajstić information content (AvgIpc) is 3.05. The summed E-state index contributed by atoms with van der Waals surface area (Å²) < 4.78 is 5.55. The second-order valence-electron chi connectivity index (χ2n) is 5.30. The highest BCUT2D eigenvalue weighted by molar-refractivity contribution is 6.33. The molecule has 0 radical (unpaired) electrons. The van der Waals surface area contributed by atoms with Crippen LogP contribution in [0.25, 0.3) is 17.4 Å². The van der Waals surface area contributed by atoms with Crippen molar-refractivity contribution >= 4 is 41.2 Å². The molecule has 2 aromatic rings. The minimum Gasteiger partial charge on any atom is -0.457 e. The molecule has 0 aliphatic carbocycles. The average molecular weight is 376 g/mol. The number of nitro groups is 1. The van der Waals surface area contributed by atoms with E-state index in [9.17, 15) is 24.5 Å². The lowest BCUT2D eigenvalue weighted by Gasteiger charge is -2.21. The van der Waals surface area contributed by atoms with Crippen LogP contribution in [0.15, 0.2) is 40.3 Å². The molecule has 1 aromatic heterocycles. The molecule has 1 aliphatic heterocycles. The van der Waals surface area contributed by atoms with Gasteiger partial charge >= 0.3 is 6.03 Å². The van der Waals surface area contributed by atoms with Crippen molar-refractivity contribution in [2.24, 2.45) is 0 Å². The van der Waals surface area contributed by atoms with Crippen molar-refractivity contribution in [3.8, 4) is 11.3 Å². The largest absolute Gasteiger partial charge is 0.457 e. The summed E-state index contributed by atoms with van der Waals surface area (Å²) in [5.41, 5.74) is -0.0127. The third-order valence-electron chi connectivity index (χ3n) is 3.65. The quantitative estimate of drug-likeness (QED) is 0.380. The number of furan rings is 1. The Kier molecular flexibility index (Phi) is 4.31. The van der Waals surface area contributed by atoms with Gasteiger partial charge in [0.15, 0.2) is 0 Å². The van der Waals surface area contributed by atoms with Gasteiger partial charge < -0.3 is 4.42 Å². The number of benzene rings is 1. The van der Waals surface area contributed by atoms with E-state index >= 15 is 0 Å². The zero-order chi connectivity index (χ0) is 19.0. The maximum Gasteiger partial charge on any atom is 0.331 e.